The van der Waals surface area contributed by atoms with Gasteiger partial charge in [-0.25, -0.2) is 14.9 Å². The lowest BCUT2D eigenvalue weighted by Gasteiger charge is -2.27. The molecule has 0 saturated carbocycles. The molecule has 48 heavy (non-hydrogen) atoms. The minimum atomic E-state index is 0.295. The summed E-state index contributed by atoms with van der Waals surface area (Å²) in [5, 5.41) is 0. The fourth-order valence-corrected chi connectivity index (χ4v) is 6.80. The van der Waals surface area contributed by atoms with Gasteiger partial charge in [-0.3, -0.25) is 9.13 Å². The number of aryl methyl sites for hydroxylation is 3. The molecule has 0 radical (unpaired) electrons. The van der Waals surface area contributed by atoms with Crippen LogP contribution in [0.3, 0.4) is 0 Å². The van der Waals surface area contributed by atoms with Crippen molar-refractivity contribution in [3.8, 4) is 45.4 Å². The van der Waals surface area contributed by atoms with Crippen LogP contribution in [0.4, 0.5) is 17.6 Å². The molecule has 0 spiro atoms. The molecular formula is C42H37N5O. The summed E-state index contributed by atoms with van der Waals surface area (Å²) in [5.41, 5.74) is 11.5. The topological polar surface area (TPSA) is 48.1 Å². The molecule has 8 bridgehead atoms. The Hall–Kier alpha value is -5.88. The van der Waals surface area contributed by atoms with Crippen molar-refractivity contribution in [3.05, 3.63) is 150 Å². The molecule has 5 aromatic carbocycles. The first-order valence-corrected chi connectivity index (χ1v) is 16.4. The van der Waals surface area contributed by atoms with Crippen molar-refractivity contribution in [1.82, 2.24) is 19.1 Å². The van der Waals surface area contributed by atoms with Crippen molar-refractivity contribution in [2.24, 2.45) is 0 Å². The molecule has 7 aromatic rings. The number of nitrogens with zero attached hydrogens (tertiary/aromatic N) is 5. The predicted molar refractivity (Wildman–Crippen MR) is 195 cm³/mol. The van der Waals surface area contributed by atoms with Gasteiger partial charge >= 0.3 is 0 Å². The summed E-state index contributed by atoms with van der Waals surface area (Å²) in [6.07, 6.45) is 4.30. The van der Waals surface area contributed by atoms with Gasteiger partial charge in [0, 0.05) is 23.5 Å². The zero-order valence-corrected chi connectivity index (χ0v) is 27.8. The van der Waals surface area contributed by atoms with Crippen molar-refractivity contribution in [2.45, 2.75) is 40.5 Å². The van der Waals surface area contributed by atoms with E-state index in [-0.39, 0.29) is 0 Å². The maximum absolute atomic E-state index is 6.45. The SMILES string of the molecule is Cc1cccc(C)c1-n1cc2nc1N(c1ccccc1)c1nc(cn1-c1c(C)cccc1C(C)C)-c1cccc(c1)Oc1cccc-2c1. The lowest BCUT2D eigenvalue weighted by atomic mass is 9.98. The van der Waals surface area contributed by atoms with Gasteiger partial charge in [0.2, 0.25) is 11.9 Å². The van der Waals surface area contributed by atoms with Gasteiger partial charge in [-0.15, -0.1) is 0 Å². The number of para-hydroxylation sites is 3. The fraction of sp³-hybridized carbons (Fsp3) is 0.143. The molecule has 2 aromatic heterocycles. The number of fused-ring (bicyclic) bond motifs is 10. The molecule has 236 valence electrons. The standard InChI is InChI=1S/C42H37N5O/c1-27(2)36-22-10-15-30(5)40(36)46-26-38-32-17-12-21-35(24-32)48-34-20-11-16-31(23-34)37-25-45(39-28(3)13-9-14-29(39)4)41(43-37)47(42(46)44-38)33-18-7-6-8-19-33/h6-27H,1-5H3. The van der Waals surface area contributed by atoms with Crippen LogP contribution in [0.5, 0.6) is 11.5 Å². The molecule has 0 N–H and O–H groups in total. The highest BCUT2D eigenvalue weighted by atomic mass is 16.5. The second-order valence-corrected chi connectivity index (χ2v) is 12.8. The van der Waals surface area contributed by atoms with Gasteiger partial charge in [0.25, 0.3) is 0 Å². The summed E-state index contributed by atoms with van der Waals surface area (Å²) < 4.78 is 10.9. The van der Waals surface area contributed by atoms with E-state index in [4.69, 9.17) is 14.7 Å². The fourth-order valence-electron chi connectivity index (χ4n) is 6.80. The molecule has 1 aliphatic heterocycles. The van der Waals surface area contributed by atoms with E-state index in [2.05, 4.69) is 146 Å². The number of benzene rings is 5. The molecule has 0 fully saturated rings. The first-order valence-electron chi connectivity index (χ1n) is 16.4. The third-order valence-corrected chi connectivity index (χ3v) is 9.10. The Balaban J connectivity index is 1.53. The minimum Gasteiger partial charge on any atom is -0.457 e. The molecule has 0 amide bonds. The van der Waals surface area contributed by atoms with E-state index in [0.717, 1.165) is 74.1 Å². The predicted octanol–water partition coefficient (Wildman–Crippen LogP) is 11.0. The molecule has 6 nitrogen and oxygen atoms in total. The van der Waals surface area contributed by atoms with E-state index in [9.17, 15) is 0 Å². The van der Waals surface area contributed by atoms with Gasteiger partial charge in [0.05, 0.1) is 28.5 Å². The van der Waals surface area contributed by atoms with Crippen LogP contribution in [0.25, 0.3) is 33.9 Å². The van der Waals surface area contributed by atoms with Gasteiger partial charge in [-0.1, -0.05) is 92.7 Å². The lowest BCUT2D eigenvalue weighted by Crippen LogP contribution is -2.20. The van der Waals surface area contributed by atoms with Crippen LogP contribution in [-0.2, 0) is 0 Å². The van der Waals surface area contributed by atoms with Gasteiger partial charge in [0.15, 0.2) is 0 Å². The first-order chi connectivity index (χ1) is 23.4. The smallest absolute Gasteiger partial charge is 0.222 e. The third kappa shape index (κ3) is 5.06. The van der Waals surface area contributed by atoms with Gasteiger partial charge in [-0.2, -0.15) is 0 Å². The van der Waals surface area contributed by atoms with Gasteiger partial charge in [0.1, 0.15) is 11.5 Å². The third-order valence-electron chi connectivity index (χ3n) is 9.10. The normalized spacial score (nSPS) is 12.2. The molecule has 0 saturated heterocycles. The van der Waals surface area contributed by atoms with Gasteiger partial charge < -0.3 is 4.74 Å². The minimum absolute atomic E-state index is 0.295. The number of ether oxygens (including phenoxy) is 1. The second kappa shape index (κ2) is 11.7. The Morgan fingerprint density at radius 3 is 1.60 bits per heavy atom. The molecule has 0 atom stereocenters. The van der Waals surface area contributed by atoms with Crippen LogP contribution in [-0.4, -0.2) is 19.1 Å². The number of imidazole rings is 2. The molecule has 1 aliphatic rings. The molecular weight excluding hydrogens is 590 g/mol. The van der Waals surface area contributed by atoms with E-state index >= 15 is 0 Å². The average molecular weight is 628 g/mol. The highest BCUT2D eigenvalue weighted by Gasteiger charge is 2.29. The summed E-state index contributed by atoms with van der Waals surface area (Å²) in [6, 6.07) is 39.7. The maximum Gasteiger partial charge on any atom is 0.222 e. The number of aromatic nitrogens is 4. The van der Waals surface area contributed by atoms with Crippen LogP contribution < -0.4 is 9.64 Å². The Bertz CT molecular complexity index is 2280. The van der Waals surface area contributed by atoms with Crippen LogP contribution in [0, 0.1) is 20.8 Å². The second-order valence-electron chi connectivity index (χ2n) is 12.8. The summed E-state index contributed by atoms with van der Waals surface area (Å²) in [7, 11) is 0. The van der Waals surface area contributed by atoms with Crippen molar-refractivity contribution in [3.63, 3.8) is 0 Å². The monoisotopic (exact) mass is 627 g/mol. The number of hydrogen-bond donors (Lipinski definition) is 0. The molecule has 8 rings (SSSR count). The summed E-state index contributed by atoms with van der Waals surface area (Å²) in [6.45, 7) is 11.0. The Kier molecular flexibility index (Phi) is 7.21. The summed E-state index contributed by atoms with van der Waals surface area (Å²) in [5.74, 6) is 3.28. The Morgan fingerprint density at radius 2 is 1.04 bits per heavy atom. The average Bonchev–Trinajstić information content (AvgIpc) is 3.71. The van der Waals surface area contributed by atoms with Crippen LogP contribution in [0.15, 0.2) is 128 Å². The van der Waals surface area contributed by atoms with Crippen LogP contribution in [0.2, 0.25) is 0 Å². The van der Waals surface area contributed by atoms with E-state index < -0.39 is 0 Å². The van der Waals surface area contributed by atoms with Crippen molar-refractivity contribution in [1.29, 1.82) is 0 Å². The maximum atomic E-state index is 6.45. The van der Waals surface area contributed by atoms with Gasteiger partial charge in [-0.05, 0) is 85.3 Å². The Labute approximate surface area is 281 Å². The highest BCUT2D eigenvalue weighted by molar-refractivity contribution is 5.78. The quantitative estimate of drug-likeness (QED) is 0.195. The van der Waals surface area contributed by atoms with Crippen LogP contribution in [0.1, 0.15) is 42.0 Å². The molecule has 3 heterocycles. The largest absolute Gasteiger partial charge is 0.457 e. The highest BCUT2D eigenvalue weighted by Crippen LogP contribution is 2.42. The van der Waals surface area contributed by atoms with E-state index in [1.165, 1.54) is 11.1 Å². The van der Waals surface area contributed by atoms with Crippen molar-refractivity contribution >= 4 is 17.6 Å². The van der Waals surface area contributed by atoms with E-state index in [1.54, 1.807) is 0 Å². The zero-order valence-electron chi connectivity index (χ0n) is 27.8. The Morgan fingerprint density at radius 1 is 0.542 bits per heavy atom. The molecule has 0 aliphatic carbocycles. The summed E-state index contributed by atoms with van der Waals surface area (Å²) in [4.78, 5) is 13.1. The van der Waals surface area contributed by atoms with Crippen molar-refractivity contribution < 1.29 is 4.74 Å². The van der Waals surface area contributed by atoms with Crippen molar-refractivity contribution in [2.75, 3.05) is 4.90 Å². The number of hydrogen-bond acceptors (Lipinski definition) is 4. The van der Waals surface area contributed by atoms with Crippen LogP contribution >= 0.6 is 0 Å². The summed E-state index contributed by atoms with van der Waals surface area (Å²) >= 11 is 0. The van der Waals surface area contributed by atoms with E-state index in [0.29, 0.717) is 5.92 Å². The zero-order chi connectivity index (χ0) is 32.9. The molecule has 0 unspecified atom stereocenters. The number of rotatable bonds is 4. The lowest BCUT2D eigenvalue weighted by molar-refractivity contribution is 0.483. The number of anilines is 3. The first kappa shape index (κ1) is 29.5. The van der Waals surface area contributed by atoms with E-state index in [1.807, 2.05) is 30.3 Å². The molecule has 6 heteroatoms.